The third-order valence-electron chi connectivity index (χ3n) is 2.40. The zero-order chi connectivity index (χ0) is 11.5. The quantitative estimate of drug-likeness (QED) is 0.764. The summed E-state index contributed by atoms with van der Waals surface area (Å²) < 4.78 is 0. The Morgan fingerprint density at radius 3 is 2.81 bits per heavy atom. The second kappa shape index (κ2) is 4.53. The van der Waals surface area contributed by atoms with E-state index in [9.17, 15) is 4.79 Å². The van der Waals surface area contributed by atoms with Crippen molar-refractivity contribution in [3.8, 4) is 0 Å². The van der Waals surface area contributed by atoms with E-state index in [1.807, 2.05) is 32.0 Å². The highest BCUT2D eigenvalue weighted by molar-refractivity contribution is 7.09. The maximum Gasteiger partial charge on any atom is 0.190 e. The van der Waals surface area contributed by atoms with Gasteiger partial charge in [-0.05, 0) is 26.0 Å². The van der Waals surface area contributed by atoms with Crippen molar-refractivity contribution in [2.75, 3.05) is 0 Å². The van der Waals surface area contributed by atoms with E-state index in [-0.39, 0.29) is 11.7 Å². The number of thiazole rings is 1. The van der Waals surface area contributed by atoms with Gasteiger partial charge in [0.05, 0.1) is 16.6 Å². The summed E-state index contributed by atoms with van der Waals surface area (Å²) in [7, 11) is 0. The van der Waals surface area contributed by atoms with Gasteiger partial charge in [0.2, 0.25) is 0 Å². The van der Waals surface area contributed by atoms with Crippen LogP contribution in [0.5, 0.6) is 0 Å². The molecular formula is C12H12N2OS. The number of aryl methyl sites for hydroxylation is 1. The van der Waals surface area contributed by atoms with Crippen molar-refractivity contribution in [3.63, 3.8) is 0 Å². The van der Waals surface area contributed by atoms with Gasteiger partial charge in [-0.2, -0.15) is 0 Å². The molecule has 0 radical (unpaired) electrons. The van der Waals surface area contributed by atoms with Crippen LogP contribution in [0, 0.1) is 6.92 Å². The molecule has 0 aliphatic heterocycles. The van der Waals surface area contributed by atoms with E-state index >= 15 is 0 Å². The molecule has 2 aromatic heterocycles. The lowest BCUT2D eigenvalue weighted by atomic mass is 10.0. The summed E-state index contributed by atoms with van der Waals surface area (Å²) in [5.74, 6) is -0.203. The standard InChI is InChI=1S/C12H12N2OS/c1-8(10-5-3-4-6-13-10)12(15)11-7-16-9(2)14-11/h3-8H,1-2H3. The van der Waals surface area contributed by atoms with E-state index in [1.165, 1.54) is 11.3 Å². The molecule has 0 bridgehead atoms. The van der Waals surface area contributed by atoms with Gasteiger partial charge in [-0.3, -0.25) is 9.78 Å². The average Bonchev–Trinajstić information content (AvgIpc) is 2.75. The zero-order valence-corrected chi connectivity index (χ0v) is 9.99. The van der Waals surface area contributed by atoms with Crippen LogP contribution >= 0.6 is 11.3 Å². The van der Waals surface area contributed by atoms with Crippen molar-refractivity contribution in [3.05, 3.63) is 46.2 Å². The number of hydrogen-bond donors (Lipinski definition) is 0. The molecular weight excluding hydrogens is 220 g/mol. The fraction of sp³-hybridized carbons (Fsp3) is 0.250. The fourth-order valence-corrected chi connectivity index (χ4v) is 2.07. The highest BCUT2D eigenvalue weighted by Crippen LogP contribution is 2.19. The molecule has 0 aliphatic rings. The number of rotatable bonds is 3. The fourth-order valence-electron chi connectivity index (χ4n) is 1.46. The average molecular weight is 232 g/mol. The first-order chi connectivity index (χ1) is 7.68. The number of nitrogens with zero attached hydrogens (tertiary/aromatic N) is 2. The van der Waals surface area contributed by atoms with Crippen molar-refractivity contribution in [2.24, 2.45) is 0 Å². The maximum absolute atomic E-state index is 12.1. The second-order valence-corrected chi connectivity index (χ2v) is 4.65. The van der Waals surface area contributed by atoms with Crippen LogP contribution in [-0.2, 0) is 0 Å². The number of Topliss-reactive ketones (excluding diaryl/α,β-unsaturated/α-hetero) is 1. The summed E-state index contributed by atoms with van der Waals surface area (Å²) in [5.41, 5.74) is 1.33. The number of carbonyl (C=O) groups is 1. The summed E-state index contributed by atoms with van der Waals surface area (Å²) in [6.07, 6.45) is 1.70. The third kappa shape index (κ3) is 2.17. The predicted octanol–water partition coefficient (Wildman–Crippen LogP) is 2.83. The monoisotopic (exact) mass is 232 g/mol. The van der Waals surface area contributed by atoms with Crippen molar-refractivity contribution in [1.29, 1.82) is 0 Å². The first-order valence-electron chi connectivity index (χ1n) is 5.06. The van der Waals surface area contributed by atoms with Gasteiger partial charge in [0.15, 0.2) is 5.78 Å². The number of carbonyl (C=O) groups excluding carboxylic acids is 1. The molecule has 2 aromatic rings. The Labute approximate surface area is 98.2 Å². The highest BCUT2D eigenvalue weighted by Gasteiger charge is 2.20. The Hall–Kier alpha value is -1.55. The minimum absolute atomic E-state index is 0.0306. The molecule has 1 unspecified atom stereocenters. The molecule has 0 spiro atoms. The van der Waals surface area contributed by atoms with Gasteiger partial charge in [-0.25, -0.2) is 4.98 Å². The first-order valence-corrected chi connectivity index (χ1v) is 5.93. The SMILES string of the molecule is Cc1nc(C(=O)C(C)c2ccccn2)cs1. The molecule has 4 heteroatoms. The van der Waals surface area contributed by atoms with Crippen LogP contribution in [0.25, 0.3) is 0 Å². The van der Waals surface area contributed by atoms with Gasteiger partial charge in [0.1, 0.15) is 5.69 Å². The summed E-state index contributed by atoms with van der Waals surface area (Å²) in [5, 5.41) is 2.72. The van der Waals surface area contributed by atoms with Crippen molar-refractivity contribution in [1.82, 2.24) is 9.97 Å². The summed E-state index contributed by atoms with van der Waals surface area (Å²) >= 11 is 1.49. The Kier molecular flexibility index (Phi) is 3.10. The smallest absolute Gasteiger partial charge is 0.190 e. The molecule has 2 heterocycles. The first kappa shape index (κ1) is 11.0. The van der Waals surface area contributed by atoms with Crippen molar-refractivity contribution >= 4 is 17.1 Å². The lowest BCUT2D eigenvalue weighted by molar-refractivity contribution is 0.0960. The van der Waals surface area contributed by atoms with E-state index in [2.05, 4.69) is 9.97 Å². The van der Waals surface area contributed by atoms with E-state index < -0.39 is 0 Å². The van der Waals surface area contributed by atoms with Gasteiger partial charge >= 0.3 is 0 Å². The Morgan fingerprint density at radius 2 is 2.25 bits per heavy atom. The summed E-state index contributed by atoms with van der Waals surface area (Å²) in [4.78, 5) is 20.4. The Bertz CT molecular complexity index is 493. The molecule has 2 rings (SSSR count). The number of ketones is 1. The van der Waals surface area contributed by atoms with Crippen LogP contribution in [0.15, 0.2) is 29.8 Å². The van der Waals surface area contributed by atoms with Crippen LogP contribution in [0.3, 0.4) is 0 Å². The summed E-state index contributed by atoms with van der Waals surface area (Å²) in [6.45, 7) is 3.76. The van der Waals surface area contributed by atoms with Crippen LogP contribution in [0.2, 0.25) is 0 Å². The van der Waals surface area contributed by atoms with Gasteiger partial charge in [0, 0.05) is 11.6 Å². The van der Waals surface area contributed by atoms with Crippen LogP contribution in [0.4, 0.5) is 0 Å². The number of pyridine rings is 1. The van der Waals surface area contributed by atoms with Crippen LogP contribution in [0.1, 0.15) is 34.0 Å². The molecule has 0 amide bonds. The second-order valence-electron chi connectivity index (χ2n) is 3.59. The lowest BCUT2D eigenvalue weighted by Crippen LogP contribution is -2.11. The summed E-state index contributed by atoms with van der Waals surface area (Å²) in [6, 6.07) is 5.59. The molecule has 3 nitrogen and oxygen atoms in total. The molecule has 82 valence electrons. The van der Waals surface area contributed by atoms with Gasteiger partial charge in [-0.15, -0.1) is 11.3 Å². The topological polar surface area (TPSA) is 42.9 Å². The van der Waals surface area contributed by atoms with E-state index in [1.54, 1.807) is 11.6 Å². The molecule has 16 heavy (non-hydrogen) atoms. The molecule has 0 saturated carbocycles. The van der Waals surface area contributed by atoms with Gasteiger partial charge < -0.3 is 0 Å². The molecule has 0 fully saturated rings. The highest BCUT2D eigenvalue weighted by atomic mass is 32.1. The lowest BCUT2D eigenvalue weighted by Gasteiger charge is -2.07. The van der Waals surface area contributed by atoms with Crippen LogP contribution in [-0.4, -0.2) is 15.8 Å². The van der Waals surface area contributed by atoms with Gasteiger partial charge in [0.25, 0.3) is 0 Å². The Balaban J connectivity index is 2.23. The molecule has 0 aliphatic carbocycles. The normalized spacial score (nSPS) is 12.4. The minimum Gasteiger partial charge on any atom is -0.292 e. The molecule has 1 atom stereocenters. The molecule has 0 saturated heterocycles. The van der Waals surface area contributed by atoms with E-state index in [0.29, 0.717) is 5.69 Å². The number of aromatic nitrogens is 2. The molecule has 0 N–H and O–H groups in total. The Morgan fingerprint density at radius 1 is 1.44 bits per heavy atom. The van der Waals surface area contributed by atoms with Gasteiger partial charge in [-0.1, -0.05) is 6.07 Å². The van der Waals surface area contributed by atoms with Crippen molar-refractivity contribution in [2.45, 2.75) is 19.8 Å². The van der Waals surface area contributed by atoms with Crippen molar-refractivity contribution < 1.29 is 4.79 Å². The number of hydrogen-bond acceptors (Lipinski definition) is 4. The predicted molar refractivity (Wildman–Crippen MR) is 63.8 cm³/mol. The minimum atomic E-state index is -0.234. The maximum atomic E-state index is 12.1. The van der Waals surface area contributed by atoms with E-state index in [0.717, 1.165) is 10.7 Å². The van der Waals surface area contributed by atoms with E-state index in [4.69, 9.17) is 0 Å². The zero-order valence-electron chi connectivity index (χ0n) is 9.18. The third-order valence-corrected chi connectivity index (χ3v) is 3.17. The largest absolute Gasteiger partial charge is 0.292 e. The molecule has 0 aromatic carbocycles. The van der Waals surface area contributed by atoms with Crippen LogP contribution < -0.4 is 0 Å².